The number of thiol groups is 1. The van der Waals surface area contributed by atoms with E-state index in [0.717, 1.165) is 18.8 Å². The predicted octanol–water partition coefficient (Wildman–Crippen LogP) is 4.45. The second-order valence-electron chi connectivity index (χ2n) is 5.52. The molecule has 1 rings (SSSR count). The molecule has 0 aliphatic carbocycles. The number of unbranched alkanes of at least 4 members (excludes halogenated alkanes) is 3. The van der Waals surface area contributed by atoms with Crippen LogP contribution in [0.15, 0.2) is 23.1 Å². The number of carbonyl (C=O) groups is 1. The van der Waals surface area contributed by atoms with Gasteiger partial charge in [-0.3, -0.25) is 4.79 Å². The Labute approximate surface area is 126 Å². The summed E-state index contributed by atoms with van der Waals surface area (Å²) in [5.41, 5.74) is 0.0670. The fourth-order valence-corrected chi connectivity index (χ4v) is 2.22. The molecule has 0 aliphatic rings. The molecule has 0 aromatic heterocycles. The van der Waals surface area contributed by atoms with E-state index in [0.29, 0.717) is 11.4 Å². The molecule has 20 heavy (non-hydrogen) atoms. The minimum atomic E-state index is -0.503. The highest BCUT2D eigenvalue weighted by Gasteiger charge is 2.11. The average molecular weight is 297 g/mol. The van der Waals surface area contributed by atoms with Crippen LogP contribution >= 0.6 is 12.6 Å². The summed E-state index contributed by atoms with van der Waals surface area (Å²) in [6.07, 6.45) is 5.72. The fraction of sp³-hybridized carbons (Fsp3) is 0.562. The molecule has 0 atom stereocenters. The Bertz CT molecular complexity index is 434. The van der Waals surface area contributed by atoms with Crippen LogP contribution in [0.4, 0.5) is 4.39 Å². The second-order valence-corrected chi connectivity index (χ2v) is 6.03. The van der Waals surface area contributed by atoms with Crippen molar-refractivity contribution in [1.82, 2.24) is 5.32 Å². The number of halogens is 1. The quantitative estimate of drug-likeness (QED) is 0.538. The van der Waals surface area contributed by atoms with Gasteiger partial charge >= 0.3 is 0 Å². The molecule has 1 N–H and O–H groups in total. The summed E-state index contributed by atoms with van der Waals surface area (Å²) in [7, 11) is 0. The molecule has 0 bridgehead atoms. The van der Waals surface area contributed by atoms with Crippen molar-refractivity contribution >= 4 is 18.5 Å². The van der Waals surface area contributed by atoms with Crippen molar-refractivity contribution in [2.45, 2.75) is 50.8 Å². The fourth-order valence-electron chi connectivity index (χ4n) is 2.02. The number of hydrogen-bond donors (Lipinski definition) is 2. The predicted molar refractivity (Wildman–Crippen MR) is 83.9 cm³/mol. The third-order valence-electron chi connectivity index (χ3n) is 3.19. The van der Waals surface area contributed by atoms with Crippen LogP contribution in [0.1, 0.15) is 56.3 Å². The highest BCUT2D eigenvalue weighted by atomic mass is 32.1. The zero-order valence-corrected chi connectivity index (χ0v) is 13.2. The smallest absolute Gasteiger partial charge is 0.254 e. The van der Waals surface area contributed by atoms with Crippen LogP contribution in [0.5, 0.6) is 0 Å². The normalized spacial score (nSPS) is 10.8. The maximum absolute atomic E-state index is 13.5. The van der Waals surface area contributed by atoms with Gasteiger partial charge in [0.1, 0.15) is 5.82 Å². The van der Waals surface area contributed by atoms with Gasteiger partial charge in [0.25, 0.3) is 5.91 Å². The number of amides is 1. The molecule has 0 aliphatic heterocycles. The van der Waals surface area contributed by atoms with E-state index in [1.807, 2.05) is 0 Å². The maximum Gasteiger partial charge on any atom is 0.254 e. The number of benzene rings is 1. The van der Waals surface area contributed by atoms with E-state index < -0.39 is 5.82 Å². The molecule has 0 unspecified atom stereocenters. The summed E-state index contributed by atoms with van der Waals surface area (Å²) in [4.78, 5) is 12.4. The zero-order chi connectivity index (χ0) is 15.0. The Hall–Kier alpha value is -1.03. The third-order valence-corrected chi connectivity index (χ3v) is 3.47. The molecule has 0 radical (unpaired) electrons. The summed E-state index contributed by atoms with van der Waals surface area (Å²) in [6.45, 7) is 5.05. The first-order valence-corrected chi connectivity index (χ1v) is 7.72. The van der Waals surface area contributed by atoms with Crippen molar-refractivity contribution < 1.29 is 9.18 Å². The summed E-state index contributed by atoms with van der Waals surface area (Å²) >= 11 is 4.11. The van der Waals surface area contributed by atoms with Gasteiger partial charge in [-0.1, -0.05) is 39.5 Å². The van der Waals surface area contributed by atoms with Gasteiger partial charge in [-0.25, -0.2) is 4.39 Å². The number of nitrogens with one attached hydrogen (secondary N) is 1. The molecule has 0 heterocycles. The van der Waals surface area contributed by atoms with Crippen molar-refractivity contribution in [2.24, 2.45) is 5.92 Å². The van der Waals surface area contributed by atoms with E-state index in [1.54, 1.807) is 0 Å². The standard InChI is InChI=1S/C16H24FNOS/c1-12(2)7-5-3-4-6-10-18-16(19)14-11-13(20)8-9-15(14)17/h8-9,11-12,20H,3-7,10H2,1-2H3,(H,18,19). The van der Waals surface area contributed by atoms with E-state index >= 15 is 0 Å². The molecule has 1 aromatic rings. The van der Waals surface area contributed by atoms with Gasteiger partial charge in [-0.05, 0) is 30.5 Å². The van der Waals surface area contributed by atoms with Crippen molar-refractivity contribution in [1.29, 1.82) is 0 Å². The minimum absolute atomic E-state index is 0.0670. The highest BCUT2D eigenvalue weighted by molar-refractivity contribution is 7.80. The largest absolute Gasteiger partial charge is 0.352 e. The Kier molecular flexibility index (Phi) is 7.67. The summed E-state index contributed by atoms with van der Waals surface area (Å²) in [5, 5.41) is 2.75. The highest BCUT2D eigenvalue weighted by Crippen LogP contribution is 2.13. The first kappa shape index (κ1) is 17.0. The third kappa shape index (κ3) is 6.42. The molecular formula is C16H24FNOS. The summed E-state index contributed by atoms with van der Waals surface area (Å²) in [5.74, 6) is -0.107. The molecule has 0 spiro atoms. The lowest BCUT2D eigenvalue weighted by atomic mass is 10.0. The molecule has 4 heteroatoms. The van der Waals surface area contributed by atoms with Gasteiger partial charge in [-0.15, -0.1) is 12.6 Å². The van der Waals surface area contributed by atoms with Crippen LogP contribution in [-0.4, -0.2) is 12.5 Å². The molecule has 2 nitrogen and oxygen atoms in total. The zero-order valence-electron chi connectivity index (χ0n) is 12.3. The molecular weight excluding hydrogens is 273 g/mol. The van der Waals surface area contributed by atoms with Gasteiger partial charge in [0.15, 0.2) is 0 Å². The Balaban J connectivity index is 2.22. The first-order valence-electron chi connectivity index (χ1n) is 7.27. The van der Waals surface area contributed by atoms with Crippen LogP contribution in [0, 0.1) is 11.7 Å². The molecule has 0 fully saturated rings. The van der Waals surface area contributed by atoms with Crippen molar-refractivity contribution in [3.05, 3.63) is 29.6 Å². The van der Waals surface area contributed by atoms with E-state index in [4.69, 9.17) is 0 Å². The first-order chi connectivity index (χ1) is 9.50. The topological polar surface area (TPSA) is 29.1 Å². The molecule has 1 amide bonds. The monoisotopic (exact) mass is 297 g/mol. The molecule has 1 aromatic carbocycles. The Morgan fingerprint density at radius 2 is 1.95 bits per heavy atom. The van der Waals surface area contributed by atoms with Crippen LogP contribution in [0.2, 0.25) is 0 Å². The molecule has 0 saturated heterocycles. The summed E-state index contributed by atoms with van der Waals surface area (Å²) in [6, 6.07) is 4.25. The average Bonchev–Trinajstić information content (AvgIpc) is 2.39. The van der Waals surface area contributed by atoms with Crippen LogP contribution in [-0.2, 0) is 0 Å². The van der Waals surface area contributed by atoms with Gasteiger partial charge in [-0.2, -0.15) is 0 Å². The molecule has 112 valence electrons. The lowest BCUT2D eigenvalue weighted by molar-refractivity contribution is 0.0948. The van der Waals surface area contributed by atoms with E-state index in [2.05, 4.69) is 31.8 Å². The van der Waals surface area contributed by atoms with Gasteiger partial charge < -0.3 is 5.32 Å². The van der Waals surface area contributed by atoms with Crippen LogP contribution < -0.4 is 5.32 Å². The van der Waals surface area contributed by atoms with Crippen molar-refractivity contribution in [2.75, 3.05) is 6.54 Å². The van der Waals surface area contributed by atoms with Gasteiger partial charge in [0.05, 0.1) is 5.56 Å². The maximum atomic E-state index is 13.5. The lowest BCUT2D eigenvalue weighted by Gasteiger charge is -2.07. The van der Waals surface area contributed by atoms with E-state index in [9.17, 15) is 9.18 Å². The number of hydrogen-bond acceptors (Lipinski definition) is 2. The Morgan fingerprint density at radius 3 is 2.65 bits per heavy atom. The van der Waals surface area contributed by atoms with Gasteiger partial charge in [0.2, 0.25) is 0 Å². The SMILES string of the molecule is CC(C)CCCCCCNC(=O)c1cc(S)ccc1F. The lowest BCUT2D eigenvalue weighted by Crippen LogP contribution is -2.25. The number of rotatable bonds is 8. The van der Waals surface area contributed by atoms with E-state index in [-0.39, 0.29) is 11.5 Å². The van der Waals surface area contributed by atoms with Crippen LogP contribution in [0.25, 0.3) is 0 Å². The van der Waals surface area contributed by atoms with Gasteiger partial charge in [0, 0.05) is 11.4 Å². The molecule has 0 saturated carbocycles. The summed E-state index contributed by atoms with van der Waals surface area (Å²) < 4.78 is 13.5. The minimum Gasteiger partial charge on any atom is -0.352 e. The Morgan fingerprint density at radius 1 is 1.25 bits per heavy atom. The van der Waals surface area contributed by atoms with E-state index in [1.165, 1.54) is 37.5 Å². The second kappa shape index (κ2) is 9.01. The van der Waals surface area contributed by atoms with Crippen molar-refractivity contribution in [3.63, 3.8) is 0 Å². The number of carbonyl (C=O) groups excluding carboxylic acids is 1. The van der Waals surface area contributed by atoms with Crippen LogP contribution in [0.3, 0.4) is 0 Å². The van der Waals surface area contributed by atoms with Crippen molar-refractivity contribution in [3.8, 4) is 0 Å².